The number of hydrogen-bond acceptors (Lipinski definition) is 7. The molecular formula is C19H28ClN5O4. The quantitative estimate of drug-likeness (QED) is 0.662. The van der Waals surface area contributed by atoms with E-state index in [0.717, 1.165) is 31.5 Å². The lowest BCUT2D eigenvalue weighted by molar-refractivity contribution is 0.0949. The SMILES string of the molecule is COc1cc(OC)c(CCNC(=O)c2cn(C3CCNCC3)nn2)c(OC)c1.Cl. The number of amides is 1. The lowest BCUT2D eigenvalue weighted by atomic mass is 10.1. The monoisotopic (exact) mass is 425 g/mol. The molecule has 0 saturated carbocycles. The van der Waals surface area contributed by atoms with E-state index in [9.17, 15) is 4.79 Å². The molecule has 9 nitrogen and oxygen atoms in total. The van der Waals surface area contributed by atoms with Gasteiger partial charge in [0.25, 0.3) is 5.91 Å². The summed E-state index contributed by atoms with van der Waals surface area (Å²) in [4.78, 5) is 12.4. The summed E-state index contributed by atoms with van der Waals surface area (Å²) < 4.78 is 17.9. The van der Waals surface area contributed by atoms with E-state index in [-0.39, 0.29) is 18.3 Å². The van der Waals surface area contributed by atoms with E-state index in [2.05, 4.69) is 20.9 Å². The Labute approximate surface area is 176 Å². The molecule has 29 heavy (non-hydrogen) atoms. The molecule has 0 aliphatic carbocycles. The minimum Gasteiger partial charge on any atom is -0.496 e. The van der Waals surface area contributed by atoms with Crippen LogP contribution < -0.4 is 24.8 Å². The van der Waals surface area contributed by atoms with Crippen LogP contribution in [0.5, 0.6) is 17.2 Å². The van der Waals surface area contributed by atoms with E-state index in [4.69, 9.17) is 14.2 Å². The van der Waals surface area contributed by atoms with Crippen LogP contribution in [0.2, 0.25) is 0 Å². The first-order valence-electron chi connectivity index (χ1n) is 9.36. The maximum atomic E-state index is 12.4. The number of piperidine rings is 1. The van der Waals surface area contributed by atoms with Crippen molar-refractivity contribution in [2.45, 2.75) is 25.3 Å². The Morgan fingerprint density at radius 1 is 1.17 bits per heavy atom. The molecule has 0 unspecified atom stereocenters. The first-order valence-corrected chi connectivity index (χ1v) is 9.36. The normalized spacial score (nSPS) is 14.0. The van der Waals surface area contributed by atoms with Crippen LogP contribution in [0.15, 0.2) is 18.3 Å². The summed E-state index contributed by atoms with van der Waals surface area (Å²) in [5.41, 5.74) is 1.19. The summed E-state index contributed by atoms with van der Waals surface area (Å²) >= 11 is 0. The molecule has 160 valence electrons. The van der Waals surface area contributed by atoms with Crippen molar-refractivity contribution in [1.29, 1.82) is 0 Å². The molecule has 3 rings (SSSR count). The van der Waals surface area contributed by atoms with Gasteiger partial charge >= 0.3 is 0 Å². The number of nitrogens with one attached hydrogen (secondary N) is 2. The van der Waals surface area contributed by atoms with Crippen molar-refractivity contribution in [2.24, 2.45) is 0 Å². The molecule has 2 aromatic rings. The van der Waals surface area contributed by atoms with Crippen LogP contribution in [0, 0.1) is 0 Å². The second kappa shape index (κ2) is 10.9. The van der Waals surface area contributed by atoms with E-state index in [0.29, 0.717) is 41.9 Å². The molecule has 0 bridgehead atoms. The Morgan fingerprint density at radius 3 is 2.41 bits per heavy atom. The highest BCUT2D eigenvalue weighted by Gasteiger charge is 2.19. The van der Waals surface area contributed by atoms with E-state index in [1.54, 1.807) is 44.3 Å². The summed E-state index contributed by atoms with van der Waals surface area (Å²) in [6.07, 6.45) is 4.24. The Balaban J connectivity index is 0.00000300. The maximum Gasteiger partial charge on any atom is 0.273 e. The summed E-state index contributed by atoms with van der Waals surface area (Å²) in [6, 6.07) is 3.89. The molecule has 1 amide bonds. The zero-order valence-corrected chi connectivity index (χ0v) is 17.8. The summed E-state index contributed by atoms with van der Waals surface area (Å²) in [6.45, 7) is 2.33. The second-order valence-electron chi connectivity index (χ2n) is 6.58. The van der Waals surface area contributed by atoms with Crippen molar-refractivity contribution >= 4 is 18.3 Å². The van der Waals surface area contributed by atoms with Crippen molar-refractivity contribution in [2.75, 3.05) is 41.0 Å². The predicted octanol–water partition coefficient (Wildman–Crippen LogP) is 1.62. The maximum absolute atomic E-state index is 12.4. The van der Waals surface area contributed by atoms with Crippen molar-refractivity contribution < 1.29 is 19.0 Å². The first kappa shape index (κ1) is 22.8. The van der Waals surface area contributed by atoms with Gasteiger partial charge in [0.15, 0.2) is 5.69 Å². The van der Waals surface area contributed by atoms with Crippen LogP contribution in [0.3, 0.4) is 0 Å². The molecular weight excluding hydrogens is 398 g/mol. The van der Waals surface area contributed by atoms with Crippen LogP contribution in [0.25, 0.3) is 0 Å². The summed E-state index contributed by atoms with van der Waals surface area (Å²) in [7, 11) is 4.77. The number of carbonyl (C=O) groups is 1. The summed E-state index contributed by atoms with van der Waals surface area (Å²) in [5.74, 6) is 1.72. The van der Waals surface area contributed by atoms with Crippen molar-refractivity contribution in [1.82, 2.24) is 25.6 Å². The molecule has 1 fully saturated rings. The fourth-order valence-electron chi connectivity index (χ4n) is 3.35. The molecule has 0 radical (unpaired) electrons. The third-order valence-corrected chi connectivity index (χ3v) is 4.90. The summed E-state index contributed by atoms with van der Waals surface area (Å²) in [5, 5.41) is 14.3. The minimum atomic E-state index is -0.244. The zero-order valence-electron chi connectivity index (χ0n) is 16.9. The van der Waals surface area contributed by atoms with Gasteiger partial charge in [0.1, 0.15) is 17.2 Å². The van der Waals surface area contributed by atoms with Gasteiger partial charge in [0, 0.05) is 24.2 Å². The van der Waals surface area contributed by atoms with Crippen molar-refractivity contribution in [3.63, 3.8) is 0 Å². The average molecular weight is 426 g/mol. The lowest BCUT2D eigenvalue weighted by Gasteiger charge is -2.22. The fraction of sp³-hybridized carbons (Fsp3) is 0.526. The molecule has 2 N–H and O–H groups in total. The van der Waals surface area contributed by atoms with Gasteiger partial charge < -0.3 is 24.8 Å². The Bertz CT molecular complexity index is 783. The van der Waals surface area contributed by atoms with Crippen molar-refractivity contribution in [3.05, 3.63) is 29.6 Å². The van der Waals surface area contributed by atoms with Gasteiger partial charge in [-0.15, -0.1) is 17.5 Å². The number of halogens is 1. The van der Waals surface area contributed by atoms with Gasteiger partial charge in [-0.1, -0.05) is 5.21 Å². The lowest BCUT2D eigenvalue weighted by Crippen LogP contribution is -2.29. The third-order valence-electron chi connectivity index (χ3n) is 4.90. The van der Waals surface area contributed by atoms with Gasteiger partial charge in [0.05, 0.1) is 33.6 Å². The fourth-order valence-corrected chi connectivity index (χ4v) is 3.35. The highest BCUT2D eigenvalue weighted by molar-refractivity contribution is 5.91. The Kier molecular flexibility index (Phi) is 8.53. The number of nitrogens with zero attached hydrogens (tertiary/aromatic N) is 3. The Morgan fingerprint density at radius 2 is 1.83 bits per heavy atom. The van der Waals surface area contributed by atoms with Crippen LogP contribution in [0.1, 0.15) is 34.9 Å². The third kappa shape index (κ3) is 5.51. The molecule has 1 saturated heterocycles. The standard InChI is InChI=1S/C19H27N5O4.ClH/c1-26-14-10-17(27-2)15(18(11-14)28-3)6-9-21-19(25)16-12-24(23-22-16)13-4-7-20-8-5-13;/h10-13,20H,4-9H2,1-3H3,(H,21,25);1H. The molecule has 10 heteroatoms. The van der Waals surface area contributed by atoms with Crippen molar-refractivity contribution in [3.8, 4) is 17.2 Å². The topological polar surface area (TPSA) is 99.5 Å². The van der Waals surface area contributed by atoms with Gasteiger partial charge in [-0.2, -0.15) is 0 Å². The number of rotatable bonds is 8. The van der Waals surface area contributed by atoms with E-state index < -0.39 is 0 Å². The zero-order chi connectivity index (χ0) is 19.9. The van der Waals surface area contributed by atoms with E-state index >= 15 is 0 Å². The van der Waals surface area contributed by atoms with Gasteiger partial charge in [0.2, 0.25) is 0 Å². The molecule has 2 heterocycles. The van der Waals surface area contributed by atoms with Crippen LogP contribution in [-0.2, 0) is 6.42 Å². The molecule has 1 aromatic heterocycles. The first-order chi connectivity index (χ1) is 13.7. The second-order valence-corrected chi connectivity index (χ2v) is 6.58. The average Bonchev–Trinajstić information content (AvgIpc) is 3.24. The number of aromatic nitrogens is 3. The molecule has 1 aliphatic heterocycles. The van der Waals surface area contributed by atoms with Crippen LogP contribution in [-0.4, -0.2) is 61.9 Å². The van der Waals surface area contributed by atoms with Crippen LogP contribution >= 0.6 is 12.4 Å². The molecule has 0 spiro atoms. The largest absolute Gasteiger partial charge is 0.496 e. The smallest absolute Gasteiger partial charge is 0.273 e. The Hall–Kier alpha value is -2.52. The van der Waals surface area contributed by atoms with E-state index in [1.165, 1.54) is 0 Å². The number of hydrogen-bond donors (Lipinski definition) is 2. The number of methoxy groups -OCH3 is 3. The van der Waals surface area contributed by atoms with Gasteiger partial charge in [-0.3, -0.25) is 4.79 Å². The highest BCUT2D eigenvalue weighted by atomic mass is 35.5. The molecule has 1 aliphatic rings. The van der Waals surface area contributed by atoms with E-state index in [1.807, 2.05) is 0 Å². The number of carbonyl (C=O) groups excluding carboxylic acids is 1. The highest BCUT2D eigenvalue weighted by Crippen LogP contribution is 2.34. The number of ether oxygens (including phenoxy) is 3. The van der Waals surface area contributed by atoms with Gasteiger partial charge in [-0.25, -0.2) is 4.68 Å². The minimum absolute atomic E-state index is 0. The number of benzene rings is 1. The molecule has 1 aromatic carbocycles. The van der Waals surface area contributed by atoms with Gasteiger partial charge in [-0.05, 0) is 32.4 Å². The van der Waals surface area contributed by atoms with Crippen LogP contribution in [0.4, 0.5) is 0 Å². The predicted molar refractivity (Wildman–Crippen MR) is 111 cm³/mol. The molecule has 0 atom stereocenters.